The highest BCUT2D eigenvalue weighted by Crippen LogP contribution is 2.18. The van der Waals surface area contributed by atoms with Crippen molar-refractivity contribution in [1.82, 2.24) is 5.43 Å². The normalized spacial score (nSPS) is 10.8. The zero-order valence-electron chi connectivity index (χ0n) is 21.3. The number of carbonyl (C=O) groups is 3. The molecule has 0 atom stereocenters. The van der Waals surface area contributed by atoms with Crippen molar-refractivity contribution < 1.29 is 23.9 Å². The lowest BCUT2D eigenvalue weighted by molar-refractivity contribution is -0.128. The Morgan fingerprint density at radius 2 is 1.55 bits per heavy atom. The summed E-state index contributed by atoms with van der Waals surface area (Å²) in [5.74, 6) is -0.580. The fourth-order valence-corrected chi connectivity index (χ4v) is 3.62. The van der Waals surface area contributed by atoms with Gasteiger partial charge < -0.3 is 14.8 Å². The number of halogens is 1. The molecular weight excluding hydrogens is 530 g/mol. The molecule has 0 heterocycles. The van der Waals surface area contributed by atoms with Crippen molar-refractivity contribution in [3.63, 3.8) is 0 Å². The smallest absolute Gasteiger partial charge is 0.336 e. The predicted molar refractivity (Wildman–Crippen MR) is 155 cm³/mol. The van der Waals surface area contributed by atoms with Gasteiger partial charge in [-0.05, 0) is 72.3 Å². The van der Waals surface area contributed by atoms with E-state index in [4.69, 9.17) is 21.1 Å². The summed E-state index contributed by atoms with van der Waals surface area (Å²) in [6.45, 7) is 0. The molecule has 0 aliphatic heterocycles. The average molecular weight is 554 g/mol. The molecule has 4 aromatic rings. The summed E-state index contributed by atoms with van der Waals surface area (Å²) >= 11 is 5.88. The summed E-state index contributed by atoms with van der Waals surface area (Å²) in [5, 5.41) is 7.36. The standard InChI is InChI=1S/C31H24ClN3O5/c1-39-27-10-5-8-23(19-27)30(37)34-26-9-4-7-22(18-26)31(38)35-33-20-24-6-2-3-11-28(24)40-29(36)17-14-21-12-15-25(32)16-13-21/h2-20H,1H3,(H,34,37)(H,35,38)/b17-14+,33-20?. The Morgan fingerprint density at radius 1 is 0.825 bits per heavy atom. The second-order valence-electron chi connectivity index (χ2n) is 8.31. The van der Waals surface area contributed by atoms with Crippen molar-refractivity contribution in [3.05, 3.63) is 130 Å². The number of benzene rings is 4. The van der Waals surface area contributed by atoms with Gasteiger partial charge in [0.15, 0.2) is 0 Å². The highest BCUT2D eigenvalue weighted by atomic mass is 35.5. The highest BCUT2D eigenvalue weighted by Gasteiger charge is 2.10. The first-order valence-electron chi connectivity index (χ1n) is 12.0. The molecule has 0 saturated heterocycles. The fraction of sp³-hybridized carbons (Fsp3) is 0.0323. The third-order valence-corrected chi connectivity index (χ3v) is 5.75. The van der Waals surface area contributed by atoms with E-state index < -0.39 is 11.9 Å². The van der Waals surface area contributed by atoms with Gasteiger partial charge in [0.05, 0.1) is 13.3 Å². The number of esters is 1. The number of nitrogens with zero attached hydrogens (tertiary/aromatic N) is 1. The van der Waals surface area contributed by atoms with Crippen LogP contribution in [0, 0.1) is 0 Å². The molecule has 0 fully saturated rings. The van der Waals surface area contributed by atoms with E-state index in [0.717, 1.165) is 5.56 Å². The van der Waals surface area contributed by atoms with Crippen LogP contribution in [0.2, 0.25) is 5.02 Å². The molecule has 0 spiro atoms. The van der Waals surface area contributed by atoms with Gasteiger partial charge in [-0.15, -0.1) is 0 Å². The minimum absolute atomic E-state index is 0.272. The Hall–Kier alpha value is -5.21. The minimum atomic E-state index is -0.576. The Labute approximate surface area is 235 Å². The number of hydrogen-bond acceptors (Lipinski definition) is 6. The van der Waals surface area contributed by atoms with Crippen molar-refractivity contribution in [2.24, 2.45) is 5.10 Å². The highest BCUT2D eigenvalue weighted by molar-refractivity contribution is 6.30. The number of amides is 2. The number of methoxy groups -OCH3 is 1. The van der Waals surface area contributed by atoms with E-state index in [-0.39, 0.29) is 17.2 Å². The molecule has 200 valence electrons. The number of rotatable bonds is 9. The van der Waals surface area contributed by atoms with Gasteiger partial charge >= 0.3 is 5.97 Å². The third kappa shape index (κ3) is 7.89. The lowest BCUT2D eigenvalue weighted by Crippen LogP contribution is -2.18. The van der Waals surface area contributed by atoms with E-state index >= 15 is 0 Å². The summed E-state index contributed by atoms with van der Waals surface area (Å²) in [4.78, 5) is 37.6. The number of hydrogen-bond donors (Lipinski definition) is 2. The Balaban J connectivity index is 1.36. The molecule has 0 saturated carbocycles. The van der Waals surface area contributed by atoms with Crippen molar-refractivity contribution in [2.45, 2.75) is 0 Å². The monoisotopic (exact) mass is 553 g/mol. The average Bonchev–Trinajstić information content (AvgIpc) is 2.98. The SMILES string of the molecule is COc1cccc(C(=O)Nc2cccc(C(=O)NN=Cc3ccccc3OC(=O)/C=C/c3ccc(Cl)cc3)c2)c1. The van der Waals surface area contributed by atoms with E-state index in [0.29, 0.717) is 27.6 Å². The van der Waals surface area contributed by atoms with Gasteiger partial charge in [0.1, 0.15) is 11.5 Å². The van der Waals surface area contributed by atoms with Gasteiger partial charge in [-0.2, -0.15) is 5.10 Å². The molecule has 4 aromatic carbocycles. The van der Waals surface area contributed by atoms with Crippen LogP contribution in [-0.4, -0.2) is 31.1 Å². The van der Waals surface area contributed by atoms with Crippen molar-refractivity contribution >= 4 is 47.4 Å². The molecule has 0 radical (unpaired) electrons. The van der Waals surface area contributed by atoms with Crippen LogP contribution in [0.5, 0.6) is 11.5 Å². The lowest BCUT2D eigenvalue weighted by Gasteiger charge is -2.08. The summed E-state index contributed by atoms with van der Waals surface area (Å²) in [5.41, 5.74) is 4.86. The first-order valence-corrected chi connectivity index (χ1v) is 12.4. The van der Waals surface area contributed by atoms with Crippen molar-refractivity contribution in [1.29, 1.82) is 0 Å². The Bertz CT molecular complexity index is 1580. The first-order chi connectivity index (χ1) is 19.4. The minimum Gasteiger partial charge on any atom is -0.497 e. The predicted octanol–water partition coefficient (Wildman–Crippen LogP) is 5.98. The molecule has 9 heteroatoms. The summed E-state index contributed by atoms with van der Waals surface area (Å²) < 4.78 is 10.6. The molecule has 0 aliphatic carbocycles. The Morgan fingerprint density at radius 3 is 2.33 bits per heavy atom. The van der Waals surface area contributed by atoms with Crippen LogP contribution in [0.15, 0.2) is 108 Å². The van der Waals surface area contributed by atoms with E-state index in [1.165, 1.54) is 25.5 Å². The molecule has 8 nitrogen and oxygen atoms in total. The number of para-hydroxylation sites is 1. The number of carbonyl (C=O) groups excluding carboxylic acids is 3. The molecule has 40 heavy (non-hydrogen) atoms. The zero-order chi connectivity index (χ0) is 28.3. The molecular formula is C31H24ClN3O5. The summed E-state index contributed by atoms with van der Waals surface area (Å²) in [6, 6.07) is 26.9. The molecule has 0 aliphatic rings. The van der Waals surface area contributed by atoms with Crippen LogP contribution >= 0.6 is 11.6 Å². The maximum absolute atomic E-state index is 12.7. The van der Waals surface area contributed by atoms with Crippen LogP contribution in [0.4, 0.5) is 5.69 Å². The van der Waals surface area contributed by atoms with Crippen LogP contribution in [-0.2, 0) is 4.79 Å². The molecule has 0 bridgehead atoms. The summed E-state index contributed by atoms with van der Waals surface area (Å²) in [6.07, 6.45) is 4.29. The molecule has 0 aromatic heterocycles. The first kappa shape index (κ1) is 27.8. The molecule has 2 N–H and O–H groups in total. The fourth-order valence-electron chi connectivity index (χ4n) is 3.49. The molecule has 2 amide bonds. The van der Waals surface area contributed by atoms with Gasteiger partial charge in [0.2, 0.25) is 0 Å². The Kier molecular flexibility index (Phi) is 9.42. The van der Waals surface area contributed by atoms with Gasteiger partial charge in [-0.1, -0.05) is 48.0 Å². The summed E-state index contributed by atoms with van der Waals surface area (Å²) in [7, 11) is 1.52. The number of nitrogens with one attached hydrogen (secondary N) is 2. The van der Waals surface area contributed by atoms with E-state index in [1.54, 1.807) is 97.1 Å². The van der Waals surface area contributed by atoms with Gasteiger partial charge in [0, 0.05) is 33.5 Å². The maximum atomic E-state index is 12.7. The number of ether oxygens (including phenoxy) is 2. The van der Waals surface area contributed by atoms with Crippen LogP contribution in [0.25, 0.3) is 6.08 Å². The number of anilines is 1. The van der Waals surface area contributed by atoms with Crippen molar-refractivity contribution in [3.8, 4) is 11.5 Å². The van der Waals surface area contributed by atoms with Gasteiger partial charge in [0.25, 0.3) is 11.8 Å². The molecule has 0 unspecified atom stereocenters. The van der Waals surface area contributed by atoms with Crippen molar-refractivity contribution in [2.75, 3.05) is 12.4 Å². The zero-order valence-corrected chi connectivity index (χ0v) is 22.1. The van der Waals surface area contributed by atoms with Crippen LogP contribution in [0.1, 0.15) is 31.8 Å². The van der Waals surface area contributed by atoms with E-state index in [1.807, 2.05) is 0 Å². The van der Waals surface area contributed by atoms with E-state index in [9.17, 15) is 14.4 Å². The second kappa shape index (κ2) is 13.5. The quantitative estimate of drug-likeness (QED) is 0.0871. The lowest BCUT2D eigenvalue weighted by atomic mass is 10.1. The van der Waals surface area contributed by atoms with Crippen LogP contribution < -0.4 is 20.2 Å². The van der Waals surface area contributed by atoms with E-state index in [2.05, 4.69) is 15.8 Å². The maximum Gasteiger partial charge on any atom is 0.336 e. The number of hydrazone groups is 1. The van der Waals surface area contributed by atoms with Gasteiger partial charge in [-0.3, -0.25) is 9.59 Å². The van der Waals surface area contributed by atoms with Crippen LogP contribution in [0.3, 0.4) is 0 Å². The van der Waals surface area contributed by atoms with Gasteiger partial charge in [-0.25, -0.2) is 10.2 Å². The molecule has 4 rings (SSSR count). The second-order valence-corrected chi connectivity index (χ2v) is 8.75. The topological polar surface area (TPSA) is 106 Å². The third-order valence-electron chi connectivity index (χ3n) is 5.50. The largest absolute Gasteiger partial charge is 0.497 e.